The van der Waals surface area contributed by atoms with Gasteiger partial charge in [-0.1, -0.05) is 19.1 Å². The maximum Gasteiger partial charge on any atom is 0.180 e. The molecule has 1 heterocycles. The molecular formula is C13H19NO3S. The van der Waals surface area contributed by atoms with E-state index in [1.165, 1.54) is 0 Å². The lowest BCUT2D eigenvalue weighted by molar-refractivity contribution is 0.154. The molecule has 0 aliphatic carbocycles. The van der Waals surface area contributed by atoms with Crippen LogP contribution in [0.3, 0.4) is 0 Å². The fourth-order valence-electron chi connectivity index (χ4n) is 2.31. The fraction of sp³-hybridized carbons (Fsp3) is 0.538. The molecule has 1 aliphatic heterocycles. The first kappa shape index (κ1) is 13.4. The number of piperidine rings is 1. The van der Waals surface area contributed by atoms with Crippen molar-refractivity contribution in [2.75, 3.05) is 23.7 Å². The Balaban J connectivity index is 2.39. The van der Waals surface area contributed by atoms with Crippen LogP contribution in [0.15, 0.2) is 29.2 Å². The molecule has 2 rings (SSSR count). The number of benzene rings is 1. The number of hydrogen-bond acceptors (Lipinski definition) is 4. The Labute approximate surface area is 108 Å². The highest BCUT2D eigenvalue weighted by atomic mass is 32.2. The van der Waals surface area contributed by atoms with Crippen LogP contribution in [0.1, 0.15) is 19.8 Å². The third kappa shape index (κ3) is 2.67. The van der Waals surface area contributed by atoms with E-state index in [-0.39, 0.29) is 11.9 Å². The van der Waals surface area contributed by atoms with Gasteiger partial charge in [-0.05, 0) is 25.0 Å². The summed E-state index contributed by atoms with van der Waals surface area (Å²) in [6, 6.07) is 7.05. The lowest BCUT2D eigenvalue weighted by atomic mass is 10.1. The molecule has 0 unspecified atom stereocenters. The van der Waals surface area contributed by atoms with E-state index in [2.05, 4.69) is 0 Å². The second-order valence-corrected chi connectivity index (χ2v) is 6.86. The summed E-state index contributed by atoms with van der Waals surface area (Å²) >= 11 is 0. The predicted octanol–water partition coefficient (Wildman–Crippen LogP) is 1.44. The minimum atomic E-state index is -3.22. The van der Waals surface area contributed by atoms with Gasteiger partial charge in [0, 0.05) is 13.1 Å². The smallest absolute Gasteiger partial charge is 0.180 e. The van der Waals surface area contributed by atoms with Gasteiger partial charge in [0.15, 0.2) is 9.84 Å². The summed E-state index contributed by atoms with van der Waals surface area (Å²) in [7, 11) is -3.22. The molecule has 0 saturated carbocycles. The largest absolute Gasteiger partial charge is 0.391 e. The van der Waals surface area contributed by atoms with Crippen molar-refractivity contribution in [3.8, 4) is 0 Å². The van der Waals surface area contributed by atoms with E-state index in [0.29, 0.717) is 11.4 Å². The van der Waals surface area contributed by atoms with Crippen molar-refractivity contribution in [1.29, 1.82) is 0 Å². The molecule has 4 nitrogen and oxygen atoms in total. The third-order valence-corrected chi connectivity index (χ3v) is 5.09. The van der Waals surface area contributed by atoms with Crippen LogP contribution in [-0.4, -0.2) is 38.5 Å². The maximum absolute atomic E-state index is 12.1. The molecule has 0 radical (unpaired) electrons. The molecule has 0 bridgehead atoms. The average molecular weight is 269 g/mol. The van der Waals surface area contributed by atoms with Gasteiger partial charge in [0.1, 0.15) is 0 Å². The van der Waals surface area contributed by atoms with Gasteiger partial charge in [-0.15, -0.1) is 0 Å². The van der Waals surface area contributed by atoms with Crippen LogP contribution >= 0.6 is 0 Å². The number of para-hydroxylation sites is 1. The Morgan fingerprint density at radius 2 is 2.11 bits per heavy atom. The molecule has 1 aromatic rings. The summed E-state index contributed by atoms with van der Waals surface area (Å²) < 4.78 is 24.1. The highest BCUT2D eigenvalue weighted by Crippen LogP contribution is 2.28. The van der Waals surface area contributed by atoms with E-state index < -0.39 is 9.84 Å². The van der Waals surface area contributed by atoms with Gasteiger partial charge >= 0.3 is 0 Å². The van der Waals surface area contributed by atoms with Crippen LogP contribution in [0.5, 0.6) is 0 Å². The molecule has 1 aromatic carbocycles. The lowest BCUT2D eigenvalue weighted by Crippen LogP contribution is -2.38. The molecule has 0 amide bonds. The van der Waals surface area contributed by atoms with Gasteiger partial charge in [-0.25, -0.2) is 8.42 Å². The van der Waals surface area contributed by atoms with E-state index >= 15 is 0 Å². The van der Waals surface area contributed by atoms with Gasteiger partial charge in [-0.2, -0.15) is 0 Å². The van der Waals surface area contributed by atoms with Crippen molar-refractivity contribution in [1.82, 2.24) is 0 Å². The molecule has 18 heavy (non-hydrogen) atoms. The first-order valence-electron chi connectivity index (χ1n) is 6.29. The fourth-order valence-corrected chi connectivity index (χ4v) is 3.42. The van der Waals surface area contributed by atoms with E-state index in [4.69, 9.17) is 0 Å². The molecule has 0 spiro atoms. The monoisotopic (exact) mass is 269 g/mol. The second kappa shape index (κ2) is 5.28. The molecule has 5 heteroatoms. The SMILES string of the molecule is CCS(=O)(=O)c1ccccc1N1CCC[C@H](O)C1. The summed E-state index contributed by atoms with van der Waals surface area (Å²) in [5.74, 6) is 0.0976. The standard InChI is InChI=1S/C13H19NO3S/c1-2-18(16,17)13-8-4-3-7-12(13)14-9-5-6-11(15)10-14/h3-4,7-8,11,15H,2,5-6,9-10H2,1H3/t11-/m0/s1. The number of aliphatic hydroxyl groups is 1. The van der Waals surface area contributed by atoms with Crippen LogP contribution in [0.25, 0.3) is 0 Å². The Morgan fingerprint density at radius 1 is 1.39 bits per heavy atom. The topological polar surface area (TPSA) is 57.6 Å². The van der Waals surface area contributed by atoms with Gasteiger partial charge < -0.3 is 10.0 Å². The van der Waals surface area contributed by atoms with Crippen molar-refractivity contribution in [2.24, 2.45) is 0 Å². The van der Waals surface area contributed by atoms with Crippen molar-refractivity contribution >= 4 is 15.5 Å². The van der Waals surface area contributed by atoms with Gasteiger partial charge in [-0.3, -0.25) is 0 Å². The Morgan fingerprint density at radius 3 is 2.78 bits per heavy atom. The molecule has 1 saturated heterocycles. The van der Waals surface area contributed by atoms with E-state index in [9.17, 15) is 13.5 Å². The van der Waals surface area contributed by atoms with Crippen LogP contribution in [-0.2, 0) is 9.84 Å². The van der Waals surface area contributed by atoms with Crippen molar-refractivity contribution in [3.63, 3.8) is 0 Å². The number of hydrogen-bond donors (Lipinski definition) is 1. The third-order valence-electron chi connectivity index (χ3n) is 3.32. The minimum Gasteiger partial charge on any atom is -0.391 e. The van der Waals surface area contributed by atoms with Crippen molar-refractivity contribution in [3.05, 3.63) is 24.3 Å². The minimum absolute atomic E-state index is 0.0976. The second-order valence-electron chi connectivity index (χ2n) is 4.61. The average Bonchev–Trinajstić information content (AvgIpc) is 2.39. The number of aliphatic hydroxyl groups excluding tert-OH is 1. The molecule has 1 fully saturated rings. The number of anilines is 1. The number of sulfone groups is 1. The molecule has 1 N–H and O–H groups in total. The normalized spacial score (nSPS) is 21.0. The molecule has 100 valence electrons. The molecule has 0 aromatic heterocycles. The van der Waals surface area contributed by atoms with Crippen LogP contribution < -0.4 is 4.90 Å². The van der Waals surface area contributed by atoms with Crippen molar-refractivity contribution < 1.29 is 13.5 Å². The van der Waals surface area contributed by atoms with Crippen molar-refractivity contribution in [2.45, 2.75) is 30.8 Å². The number of β-amino-alcohol motifs (C(OH)–C–C–N with tert-alkyl or cyclic N) is 1. The van der Waals surface area contributed by atoms with E-state index in [1.54, 1.807) is 19.1 Å². The summed E-state index contributed by atoms with van der Waals surface area (Å²) in [4.78, 5) is 2.35. The van der Waals surface area contributed by atoms with Crippen LogP contribution in [0, 0.1) is 0 Å². The summed E-state index contributed by atoms with van der Waals surface area (Å²) in [5, 5.41) is 9.70. The number of nitrogens with zero attached hydrogens (tertiary/aromatic N) is 1. The molecular weight excluding hydrogens is 250 g/mol. The zero-order valence-electron chi connectivity index (χ0n) is 10.5. The van der Waals surface area contributed by atoms with Gasteiger partial charge in [0.25, 0.3) is 0 Å². The Kier molecular flexibility index (Phi) is 3.92. The predicted molar refractivity (Wildman–Crippen MR) is 71.6 cm³/mol. The maximum atomic E-state index is 12.1. The van der Waals surface area contributed by atoms with E-state index in [1.807, 2.05) is 17.0 Å². The Hall–Kier alpha value is -1.07. The highest BCUT2D eigenvalue weighted by Gasteiger charge is 2.23. The highest BCUT2D eigenvalue weighted by molar-refractivity contribution is 7.91. The first-order chi connectivity index (χ1) is 8.54. The van der Waals surface area contributed by atoms with E-state index in [0.717, 1.165) is 25.1 Å². The Bertz CT molecular complexity index is 513. The van der Waals surface area contributed by atoms with Crippen LogP contribution in [0.4, 0.5) is 5.69 Å². The summed E-state index contributed by atoms with van der Waals surface area (Å²) in [6.07, 6.45) is 1.32. The zero-order chi connectivity index (χ0) is 13.2. The zero-order valence-corrected chi connectivity index (χ0v) is 11.4. The van der Waals surface area contributed by atoms with Gasteiger partial charge in [0.2, 0.25) is 0 Å². The quantitative estimate of drug-likeness (QED) is 0.902. The van der Waals surface area contributed by atoms with Crippen LogP contribution in [0.2, 0.25) is 0 Å². The first-order valence-corrected chi connectivity index (χ1v) is 7.94. The molecule has 1 aliphatic rings. The molecule has 1 atom stereocenters. The lowest BCUT2D eigenvalue weighted by Gasteiger charge is -2.33. The number of rotatable bonds is 3. The summed E-state index contributed by atoms with van der Waals surface area (Å²) in [5.41, 5.74) is 0.720. The van der Waals surface area contributed by atoms with Gasteiger partial charge in [0.05, 0.1) is 22.4 Å². The summed E-state index contributed by atoms with van der Waals surface area (Å²) in [6.45, 7) is 2.96.